The van der Waals surface area contributed by atoms with E-state index in [1.54, 1.807) is 0 Å². The third-order valence-electron chi connectivity index (χ3n) is 4.51. The zero-order chi connectivity index (χ0) is 16.4. The Morgan fingerprint density at radius 1 is 1.00 bits per heavy atom. The van der Waals surface area contributed by atoms with Crippen LogP contribution in [0.2, 0.25) is 0 Å². The third kappa shape index (κ3) is 2.97. The second kappa shape index (κ2) is 6.57. The number of anilines is 1. The molecular formula is C18H21N5O. The maximum Gasteiger partial charge on any atom is 0.230 e. The Morgan fingerprint density at radius 2 is 1.79 bits per heavy atom. The van der Waals surface area contributed by atoms with E-state index in [9.17, 15) is 0 Å². The summed E-state index contributed by atoms with van der Waals surface area (Å²) >= 11 is 0. The van der Waals surface area contributed by atoms with E-state index in [-0.39, 0.29) is 0 Å². The van der Waals surface area contributed by atoms with Gasteiger partial charge < -0.3 is 9.32 Å². The van der Waals surface area contributed by atoms with Crippen molar-refractivity contribution in [2.45, 2.75) is 19.9 Å². The van der Waals surface area contributed by atoms with Gasteiger partial charge in [0.05, 0.1) is 12.1 Å². The summed E-state index contributed by atoms with van der Waals surface area (Å²) in [5.74, 6) is 1.43. The van der Waals surface area contributed by atoms with Crippen LogP contribution in [0.3, 0.4) is 0 Å². The second-order valence-electron chi connectivity index (χ2n) is 6.05. The van der Waals surface area contributed by atoms with E-state index in [4.69, 9.17) is 4.42 Å². The summed E-state index contributed by atoms with van der Waals surface area (Å²) in [6, 6.07) is 10.4. The van der Waals surface area contributed by atoms with Crippen LogP contribution in [0.15, 0.2) is 40.9 Å². The SMILES string of the molecule is CCc1nnc(CN2CCN(c3ccnc4ccccc34)CC2)o1. The zero-order valence-electron chi connectivity index (χ0n) is 13.9. The highest BCUT2D eigenvalue weighted by atomic mass is 16.4. The summed E-state index contributed by atoms with van der Waals surface area (Å²) in [6.45, 7) is 6.71. The molecule has 24 heavy (non-hydrogen) atoms. The molecule has 1 saturated heterocycles. The lowest BCUT2D eigenvalue weighted by Crippen LogP contribution is -2.46. The van der Waals surface area contributed by atoms with Crippen LogP contribution in [0.1, 0.15) is 18.7 Å². The number of hydrogen-bond acceptors (Lipinski definition) is 6. The number of para-hydroxylation sites is 1. The molecule has 1 aliphatic heterocycles. The summed E-state index contributed by atoms with van der Waals surface area (Å²) in [7, 11) is 0. The van der Waals surface area contributed by atoms with Crippen molar-refractivity contribution in [3.8, 4) is 0 Å². The topological polar surface area (TPSA) is 58.3 Å². The summed E-state index contributed by atoms with van der Waals surface area (Å²) < 4.78 is 5.62. The number of piperazine rings is 1. The molecule has 0 atom stereocenters. The van der Waals surface area contributed by atoms with Crippen LogP contribution in [0.5, 0.6) is 0 Å². The average molecular weight is 323 g/mol. The molecule has 0 radical (unpaired) electrons. The van der Waals surface area contributed by atoms with Crippen molar-refractivity contribution in [1.29, 1.82) is 0 Å². The molecule has 4 rings (SSSR count). The van der Waals surface area contributed by atoms with Crippen LogP contribution in [0.25, 0.3) is 10.9 Å². The van der Waals surface area contributed by atoms with Gasteiger partial charge in [-0.1, -0.05) is 25.1 Å². The lowest BCUT2D eigenvalue weighted by Gasteiger charge is -2.35. The highest BCUT2D eigenvalue weighted by Crippen LogP contribution is 2.26. The van der Waals surface area contributed by atoms with Crippen molar-refractivity contribution in [3.63, 3.8) is 0 Å². The quantitative estimate of drug-likeness (QED) is 0.735. The van der Waals surface area contributed by atoms with Gasteiger partial charge in [0.15, 0.2) is 0 Å². The van der Waals surface area contributed by atoms with Crippen molar-refractivity contribution in [1.82, 2.24) is 20.1 Å². The first-order chi connectivity index (χ1) is 11.8. The van der Waals surface area contributed by atoms with E-state index in [0.717, 1.165) is 50.6 Å². The van der Waals surface area contributed by atoms with Crippen molar-refractivity contribution < 1.29 is 4.42 Å². The minimum absolute atomic E-state index is 0.715. The fraction of sp³-hybridized carbons (Fsp3) is 0.389. The monoisotopic (exact) mass is 323 g/mol. The first kappa shape index (κ1) is 15.1. The minimum Gasteiger partial charge on any atom is -0.424 e. The molecule has 1 aliphatic rings. The van der Waals surface area contributed by atoms with Gasteiger partial charge in [-0.2, -0.15) is 0 Å². The first-order valence-corrected chi connectivity index (χ1v) is 8.46. The predicted octanol–water partition coefficient (Wildman–Crippen LogP) is 2.50. The van der Waals surface area contributed by atoms with Gasteiger partial charge in [-0.3, -0.25) is 9.88 Å². The van der Waals surface area contributed by atoms with E-state index in [1.165, 1.54) is 11.1 Å². The number of rotatable bonds is 4. The normalized spacial score (nSPS) is 16.0. The molecule has 0 saturated carbocycles. The first-order valence-electron chi connectivity index (χ1n) is 8.46. The maximum absolute atomic E-state index is 5.62. The van der Waals surface area contributed by atoms with Crippen molar-refractivity contribution >= 4 is 16.6 Å². The number of benzene rings is 1. The standard InChI is InChI=1S/C18H21N5O/c1-2-17-20-21-18(24-17)13-22-9-11-23(12-10-22)16-7-8-19-15-6-4-3-5-14(15)16/h3-8H,2,9-13H2,1H3. The molecule has 0 aliphatic carbocycles. The van der Waals surface area contributed by atoms with Crippen LogP contribution in [0.4, 0.5) is 5.69 Å². The van der Waals surface area contributed by atoms with Crippen LogP contribution >= 0.6 is 0 Å². The summed E-state index contributed by atoms with van der Waals surface area (Å²) in [4.78, 5) is 9.26. The molecule has 2 aromatic heterocycles. The molecule has 6 heteroatoms. The highest BCUT2D eigenvalue weighted by Gasteiger charge is 2.20. The van der Waals surface area contributed by atoms with Gasteiger partial charge in [-0.25, -0.2) is 0 Å². The molecule has 0 spiro atoms. The van der Waals surface area contributed by atoms with E-state index in [0.29, 0.717) is 5.89 Å². The predicted molar refractivity (Wildman–Crippen MR) is 92.9 cm³/mol. The Kier molecular flexibility index (Phi) is 4.13. The lowest BCUT2D eigenvalue weighted by molar-refractivity contribution is 0.224. The van der Waals surface area contributed by atoms with Gasteiger partial charge in [-0.15, -0.1) is 10.2 Å². The second-order valence-corrected chi connectivity index (χ2v) is 6.05. The zero-order valence-corrected chi connectivity index (χ0v) is 13.9. The molecule has 1 fully saturated rings. The molecule has 3 heterocycles. The van der Waals surface area contributed by atoms with Crippen molar-refractivity contribution in [2.24, 2.45) is 0 Å². The van der Waals surface area contributed by atoms with E-state index < -0.39 is 0 Å². The summed E-state index contributed by atoms with van der Waals surface area (Å²) in [5, 5.41) is 9.38. The summed E-state index contributed by atoms with van der Waals surface area (Å²) in [5.41, 5.74) is 2.32. The number of pyridine rings is 1. The van der Waals surface area contributed by atoms with Crippen LogP contribution in [-0.4, -0.2) is 46.3 Å². The Bertz CT molecular complexity index is 818. The molecule has 0 unspecified atom stereocenters. The fourth-order valence-electron chi connectivity index (χ4n) is 3.19. The molecule has 1 aromatic carbocycles. The molecule has 124 valence electrons. The largest absolute Gasteiger partial charge is 0.424 e. The minimum atomic E-state index is 0.715. The van der Waals surface area contributed by atoms with Gasteiger partial charge in [0, 0.05) is 49.9 Å². The smallest absolute Gasteiger partial charge is 0.230 e. The van der Waals surface area contributed by atoms with Crippen LogP contribution < -0.4 is 4.90 Å². The average Bonchev–Trinajstić information content (AvgIpc) is 3.09. The van der Waals surface area contributed by atoms with Crippen molar-refractivity contribution in [2.75, 3.05) is 31.1 Å². The van der Waals surface area contributed by atoms with E-state index in [2.05, 4.69) is 49.2 Å². The number of aryl methyl sites for hydroxylation is 1. The number of fused-ring (bicyclic) bond motifs is 1. The van der Waals surface area contributed by atoms with Crippen molar-refractivity contribution in [3.05, 3.63) is 48.3 Å². The number of hydrogen-bond donors (Lipinski definition) is 0. The molecule has 0 N–H and O–H groups in total. The Hall–Kier alpha value is -2.47. The lowest BCUT2D eigenvalue weighted by atomic mass is 10.1. The number of nitrogens with zero attached hydrogens (tertiary/aromatic N) is 5. The summed E-state index contributed by atoms with van der Waals surface area (Å²) in [6.07, 6.45) is 2.69. The fourth-order valence-corrected chi connectivity index (χ4v) is 3.19. The van der Waals surface area contributed by atoms with Gasteiger partial charge >= 0.3 is 0 Å². The molecule has 6 nitrogen and oxygen atoms in total. The molecule has 0 bridgehead atoms. The van der Waals surface area contributed by atoms with Crippen LogP contribution in [-0.2, 0) is 13.0 Å². The van der Waals surface area contributed by atoms with E-state index in [1.807, 2.05) is 19.2 Å². The molecule has 3 aromatic rings. The Morgan fingerprint density at radius 3 is 2.58 bits per heavy atom. The molecular weight excluding hydrogens is 302 g/mol. The third-order valence-corrected chi connectivity index (χ3v) is 4.51. The van der Waals surface area contributed by atoms with Crippen LogP contribution in [0, 0.1) is 0 Å². The Labute approximate surface area is 141 Å². The number of aromatic nitrogens is 3. The van der Waals surface area contributed by atoms with Gasteiger partial charge in [0.1, 0.15) is 0 Å². The van der Waals surface area contributed by atoms with E-state index >= 15 is 0 Å². The maximum atomic E-state index is 5.62. The van der Waals surface area contributed by atoms with Gasteiger partial charge in [0.2, 0.25) is 11.8 Å². The van der Waals surface area contributed by atoms with Gasteiger partial charge in [-0.05, 0) is 12.1 Å². The Balaban J connectivity index is 1.44. The molecule has 0 amide bonds. The highest BCUT2D eigenvalue weighted by molar-refractivity contribution is 5.91. The van der Waals surface area contributed by atoms with Gasteiger partial charge in [0.25, 0.3) is 0 Å².